The van der Waals surface area contributed by atoms with Crippen LogP contribution in [0.3, 0.4) is 0 Å². The van der Waals surface area contributed by atoms with Crippen molar-refractivity contribution in [3.63, 3.8) is 0 Å². The van der Waals surface area contributed by atoms with Gasteiger partial charge in [0.05, 0.1) is 38.0 Å². The zero-order valence-electron chi connectivity index (χ0n) is 18.7. The molecule has 33 heavy (non-hydrogen) atoms. The molecule has 0 bridgehead atoms. The van der Waals surface area contributed by atoms with Gasteiger partial charge in [-0.3, -0.25) is 4.57 Å². The third-order valence-electron chi connectivity index (χ3n) is 6.63. The van der Waals surface area contributed by atoms with Gasteiger partial charge in [-0.25, -0.2) is 19.3 Å². The van der Waals surface area contributed by atoms with E-state index in [0.29, 0.717) is 32.0 Å². The molecule has 1 aliphatic carbocycles. The highest BCUT2D eigenvalue weighted by Gasteiger charge is 2.24. The number of pyridine rings is 2. The average Bonchev–Trinajstić information content (AvgIpc) is 3.42. The predicted molar refractivity (Wildman–Crippen MR) is 127 cm³/mol. The number of imidazole rings is 1. The molecule has 8 nitrogen and oxygen atoms in total. The van der Waals surface area contributed by atoms with E-state index in [0.717, 1.165) is 64.8 Å². The molecule has 0 spiro atoms. The number of nitrogens with zero attached hydrogens (tertiary/aromatic N) is 4. The van der Waals surface area contributed by atoms with Crippen molar-refractivity contribution >= 4 is 27.9 Å². The molecule has 0 saturated carbocycles. The maximum Gasteiger partial charge on any atom is 0.334 e. The second-order valence-electron chi connectivity index (χ2n) is 8.84. The molecule has 1 fully saturated rings. The third-order valence-corrected chi connectivity index (χ3v) is 6.63. The van der Waals surface area contributed by atoms with Crippen LogP contribution in [0.25, 0.3) is 39.0 Å². The summed E-state index contributed by atoms with van der Waals surface area (Å²) in [6.45, 7) is 4.07. The van der Waals surface area contributed by atoms with Crippen LogP contribution < -0.4 is 5.69 Å². The first-order chi connectivity index (χ1) is 16.2. The molecular formula is C25H27N5O3. The van der Waals surface area contributed by atoms with Gasteiger partial charge in [0, 0.05) is 40.3 Å². The van der Waals surface area contributed by atoms with Crippen LogP contribution >= 0.6 is 0 Å². The van der Waals surface area contributed by atoms with Crippen LogP contribution in [-0.2, 0) is 16.0 Å². The Labute approximate surface area is 190 Å². The van der Waals surface area contributed by atoms with Crippen LogP contribution in [-0.4, -0.2) is 50.0 Å². The molecule has 1 N–H and O–H groups in total. The Balaban J connectivity index is 1.54. The monoisotopic (exact) mass is 445 g/mol. The Hall–Kier alpha value is -3.23. The lowest BCUT2D eigenvalue weighted by atomic mass is 10.0. The van der Waals surface area contributed by atoms with Gasteiger partial charge in [-0.1, -0.05) is 6.08 Å². The fraction of sp³-hybridized carbons (Fsp3) is 0.400. The summed E-state index contributed by atoms with van der Waals surface area (Å²) in [5.41, 5.74) is 6.20. The molecule has 0 unspecified atom stereocenters. The zero-order chi connectivity index (χ0) is 22.4. The van der Waals surface area contributed by atoms with E-state index in [-0.39, 0.29) is 11.8 Å². The summed E-state index contributed by atoms with van der Waals surface area (Å²) in [6, 6.07) is 6.20. The molecule has 4 aromatic rings. The molecule has 2 aliphatic rings. The summed E-state index contributed by atoms with van der Waals surface area (Å²) in [5, 5.41) is 1.04. The Bertz CT molecular complexity index is 1420. The molecule has 170 valence electrons. The Morgan fingerprint density at radius 3 is 3.00 bits per heavy atom. The maximum absolute atomic E-state index is 13.7. The Kier molecular flexibility index (Phi) is 5.11. The number of ether oxygens (including phenoxy) is 2. The topological polar surface area (TPSA) is 87.0 Å². The van der Waals surface area contributed by atoms with Gasteiger partial charge in [0.1, 0.15) is 5.65 Å². The normalized spacial score (nSPS) is 19.3. The number of nitrogens with one attached hydrogen (secondary N) is 1. The van der Waals surface area contributed by atoms with Crippen molar-refractivity contribution in [3.05, 3.63) is 52.8 Å². The molecule has 0 radical (unpaired) electrons. The molecule has 4 aromatic heterocycles. The van der Waals surface area contributed by atoms with Gasteiger partial charge in [-0.2, -0.15) is 0 Å². The number of aromatic nitrogens is 5. The van der Waals surface area contributed by atoms with E-state index in [2.05, 4.69) is 28.2 Å². The van der Waals surface area contributed by atoms with E-state index in [9.17, 15) is 4.79 Å². The first-order valence-electron chi connectivity index (χ1n) is 11.6. The van der Waals surface area contributed by atoms with E-state index in [1.54, 1.807) is 0 Å². The summed E-state index contributed by atoms with van der Waals surface area (Å²) in [5.74, 6) is 0. The van der Waals surface area contributed by atoms with Crippen LogP contribution in [0.15, 0.2) is 41.5 Å². The fourth-order valence-electron chi connectivity index (χ4n) is 4.94. The summed E-state index contributed by atoms with van der Waals surface area (Å²) < 4.78 is 15.1. The fourth-order valence-corrected chi connectivity index (χ4v) is 4.94. The number of fused-ring (bicyclic) bond motifs is 2. The molecule has 0 aromatic carbocycles. The summed E-state index contributed by atoms with van der Waals surface area (Å²) in [6.07, 6.45) is 9.90. The number of hydrogen-bond donors (Lipinski definition) is 1. The van der Waals surface area contributed by atoms with E-state index < -0.39 is 0 Å². The number of aromatic amines is 1. The van der Waals surface area contributed by atoms with Crippen molar-refractivity contribution in [2.24, 2.45) is 0 Å². The zero-order valence-corrected chi connectivity index (χ0v) is 18.7. The Morgan fingerprint density at radius 2 is 2.18 bits per heavy atom. The van der Waals surface area contributed by atoms with Crippen molar-refractivity contribution in [2.75, 3.05) is 19.8 Å². The largest absolute Gasteiger partial charge is 0.376 e. The van der Waals surface area contributed by atoms with Gasteiger partial charge < -0.3 is 14.5 Å². The number of aryl methyl sites for hydroxylation is 1. The van der Waals surface area contributed by atoms with Crippen molar-refractivity contribution in [3.8, 4) is 11.1 Å². The molecule has 1 saturated heterocycles. The standard InChI is InChI=1S/C25H27N5O3/c1-16-21(18-11-17-7-8-26-23(17)27-13-18)12-22-24(28-16)30(19-5-3-2-4-6-19)25(31)29(22)14-20-15-32-9-10-33-20/h5,7-8,11-13,20H,2-4,6,9-10,14-15H2,1H3,(H,26,27)/t20-/m0/s1. The summed E-state index contributed by atoms with van der Waals surface area (Å²) in [7, 11) is 0. The minimum atomic E-state index is -0.154. The number of hydrogen-bond acceptors (Lipinski definition) is 5. The van der Waals surface area contributed by atoms with Crippen molar-refractivity contribution < 1.29 is 9.47 Å². The molecule has 5 heterocycles. The lowest BCUT2D eigenvalue weighted by Gasteiger charge is -2.23. The second kappa shape index (κ2) is 8.28. The van der Waals surface area contributed by atoms with Crippen LogP contribution in [0.1, 0.15) is 31.4 Å². The molecule has 1 aliphatic heterocycles. The van der Waals surface area contributed by atoms with Crippen molar-refractivity contribution in [1.82, 2.24) is 24.1 Å². The Morgan fingerprint density at radius 1 is 1.24 bits per heavy atom. The summed E-state index contributed by atoms with van der Waals surface area (Å²) >= 11 is 0. The molecule has 6 rings (SSSR count). The lowest BCUT2D eigenvalue weighted by Crippen LogP contribution is -2.36. The number of H-pyrrole nitrogens is 1. The van der Waals surface area contributed by atoms with Gasteiger partial charge in [-0.15, -0.1) is 0 Å². The van der Waals surface area contributed by atoms with Gasteiger partial charge >= 0.3 is 5.69 Å². The minimum absolute atomic E-state index is 0.0596. The number of rotatable bonds is 4. The highest BCUT2D eigenvalue weighted by atomic mass is 16.6. The van der Waals surface area contributed by atoms with Crippen molar-refractivity contribution in [1.29, 1.82) is 0 Å². The van der Waals surface area contributed by atoms with E-state index >= 15 is 0 Å². The van der Waals surface area contributed by atoms with Crippen LogP contribution in [0.5, 0.6) is 0 Å². The summed E-state index contributed by atoms with van der Waals surface area (Å²) in [4.78, 5) is 26.3. The lowest BCUT2D eigenvalue weighted by molar-refractivity contribution is -0.0935. The molecule has 8 heteroatoms. The molecular weight excluding hydrogens is 418 g/mol. The molecule has 0 amide bonds. The third kappa shape index (κ3) is 3.59. The predicted octanol–water partition coefficient (Wildman–Crippen LogP) is 3.88. The van der Waals surface area contributed by atoms with Gasteiger partial charge in [0.2, 0.25) is 0 Å². The second-order valence-corrected chi connectivity index (χ2v) is 8.84. The first-order valence-corrected chi connectivity index (χ1v) is 11.6. The van der Waals surface area contributed by atoms with Crippen molar-refractivity contribution in [2.45, 2.75) is 45.3 Å². The quantitative estimate of drug-likeness (QED) is 0.515. The van der Waals surface area contributed by atoms with E-state index in [1.165, 1.54) is 0 Å². The van der Waals surface area contributed by atoms with Gasteiger partial charge in [0.15, 0.2) is 5.65 Å². The van der Waals surface area contributed by atoms with Crippen LogP contribution in [0.4, 0.5) is 0 Å². The van der Waals surface area contributed by atoms with Crippen LogP contribution in [0.2, 0.25) is 0 Å². The van der Waals surface area contributed by atoms with E-state index in [4.69, 9.17) is 14.5 Å². The highest BCUT2D eigenvalue weighted by Crippen LogP contribution is 2.30. The minimum Gasteiger partial charge on any atom is -0.376 e. The molecule has 1 atom stereocenters. The average molecular weight is 446 g/mol. The van der Waals surface area contributed by atoms with E-state index in [1.807, 2.05) is 34.5 Å². The maximum atomic E-state index is 13.7. The first kappa shape index (κ1) is 20.4. The highest BCUT2D eigenvalue weighted by molar-refractivity contribution is 5.86. The smallest absolute Gasteiger partial charge is 0.334 e. The van der Waals surface area contributed by atoms with Gasteiger partial charge in [-0.05, 0) is 50.8 Å². The van der Waals surface area contributed by atoms with Gasteiger partial charge in [0.25, 0.3) is 0 Å². The number of allylic oxidation sites excluding steroid dienone is 2. The van der Waals surface area contributed by atoms with Crippen LogP contribution in [0, 0.1) is 6.92 Å². The SMILES string of the molecule is Cc1nc2c(cc1-c1cnc3[nH]ccc3c1)n(C[C@H]1COCCO1)c(=O)n2C1=CCCCC1.